The third-order valence-electron chi connectivity index (χ3n) is 6.23. The Morgan fingerprint density at radius 1 is 1.28 bits per heavy atom. The maximum absolute atomic E-state index is 12.9. The smallest absolute Gasteiger partial charge is 0.256 e. The van der Waals surface area contributed by atoms with Crippen molar-refractivity contribution in [3.05, 3.63) is 39.8 Å². The summed E-state index contributed by atoms with van der Waals surface area (Å²) >= 11 is 1.54. The van der Waals surface area contributed by atoms with Gasteiger partial charge in [-0.2, -0.15) is 5.26 Å². The van der Waals surface area contributed by atoms with E-state index in [0.717, 1.165) is 31.2 Å². The van der Waals surface area contributed by atoms with E-state index in [-0.39, 0.29) is 11.3 Å². The summed E-state index contributed by atoms with van der Waals surface area (Å²) in [6.07, 6.45) is 4.08. The van der Waals surface area contributed by atoms with Gasteiger partial charge in [-0.3, -0.25) is 4.79 Å². The normalized spacial score (nSPS) is 15.9. The number of methoxy groups -OCH3 is 2. The van der Waals surface area contributed by atoms with Crippen LogP contribution >= 0.6 is 11.3 Å². The summed E-state index contributed by atoms with van der Waals surface area (Å²) in [5.74, 6) is 1.41. The molecule has 1 aromatic carbocycles. The van der Waals surface area contributed by atoms with Gasteiger partial charge in [-0.05, 0) is 48.3 Å². The highest BCUT2D eigenvalue weighted by molar-refractivity contribution is 7.16. The van der Waals surface area contributed by atoms with E-state index in [4.69, 9.17) is 9.47 Å². The van der Waals surface area contributed by atoms with E-state index in [2.05, 4.69) is 32.2 Å². The molecule has 2 aromatic rings. The Kier molecular flexibility index (Phi) is 6.18. The molecule has 0 radical (unpaired) electrons. The molecule has 1 heterocycles. The van der Waals surface area contributed by atoms with E-state index in [0.29, 0.717) is 33.5 Å². The van der Waals surface area contributed by atoms with Crippen molar-refractivity contribution in [2.45, 2.75) is 46.5 Å². The minimum Gasteiger partial charge on any atom is -0.497 e. The molecule has 154 valence electrons. The van der Waals surface area contributed by atoms with Gasteiger partial charge in [0.2, 0.25) is 0 Å². The quantitative estimate of drug-likeness (QED) is 0.687. The molecule has 6 heteroatoms. The minimum absolute atomic E-state index is 0.273. The second-order valence-electron chi connectivity index (χ2n) is 8.16. The van der Waals surface area contributed by atoms with Crippen molar-refractivity contribution < 1.29 is 14.3 Å². The van der Waals surface area contributed by atoms with E-state index < -0.39 is 0 Å². The largest absolute Gasteiger partial charge is 0.497 e. The van der Waals surface area contributed by atoms with Crippen LogP contribution in [0.15, 0.2) is 18.2 Å². The number of carbonyl (C=O) groups excluding carboxylic acids is 1. The lowest BCUT2D eigenvalue weighted by Crippen LogP contribution is -2.28. The minimum atomic E-state index is -0.275. The average molecular weight is 413 g/mol. The van der Waals surface area contributed by atoms with Gasteiger partial charge in [0.15, 0.2) is 0 Å². The lowest BCUT2D eigenvalue weighted by atomic mass is 9.69. The number of hydrogen-bond donors (Lipinski definition) is 1. The summed E-state index contributed by atoms with van der Waals surface area (Å²) in [6, 6.07) is 7.37. The third kappa shape index (κ3) is 4.25. The number of amides is 1. The molecule has 1 amide bonds. The second-order valence-corrected chi connectivity index (χ2v) is 9.26. The van der Waals surface area contributed by atoms with Crippen LogP contribution in [0.1, 0.15) is 60.0 Å². The molecule has 0 spiro atoms. The molecule has 29 heavy (non-hydrogen) atoms. The number of benzene rings is 1. The third-order valence-corrected chi connectivity index (χ3v) is 7.40. The van der Waals surface area contributed by atoms with Crippen LogP contribution in [-0.4, -0.2) is 20.1 Å². The van der Waals surface area contributed by atoms with E-state index in [9.17, 15) is 10.1 Å². The Hall–Kier alpha value is -2.52. The zero-order valence-electron chi connectivity index (χ0n) is 17.7. The molecule has 0 aliphatic heterocycles. The van der Waals surface area contributed by atoms with Gasteiger partial charge in [-0.1, -0.05) is 27.2 Å². The van der Waals surface area contributed by atoms with Crippen molar-refractivity contribution in [1.29, 1.82) is 5.26 Å². The van der Waals surface area contributed by atoms with Crippen molar-refractivity contribution in [3.63, 3.8) is 0 Å². The number of carbonyl (C=O) groups is 1. The van der Waals surface area contributed by atoms with Crippen LogP contribution in [0.3, 0.4) is 0 Å². The van der Waals surface area contributed by atoms with E-state index in [1.54, 1.807) is 43.8 Å². The Bertz CT molecular complexity index is 934. The fourth-order valence-electron chi connectivity index (χ4n) is 3.86. The van der Waals surface area contributed by atoms with Crippen LogP contribution < -0.4 is 14.8 Å². The monoisotopic (exact) mass is 412 g/mol. The molecule has 0 unspecified atom stereocenters. The molecular formula is C23H28N2O3S. The maximum Gasteiger partial charge on any atom is 0.256 e. The molecule has 1 atom stereocenters. The van der Waals surface area contributed by atoms with Gasteiger partial charge in [0, 0.05) is 16.5 Å². The predicted octanol–water partition coefficient (Wildman–Crippen LogP) is 5.43. The van der Waals surface area contributed by atoms with E-state index in [1.807, 2.05) is 0 Å². The number of nitrogens with one attached hydrogen (secondary N) is 1. The molecule has 0 saturated heterocycles. The van der Waals surface area contributed by atoms with E-state index in [1.165, 1.54) is 4.88 Å². The first-order chi connectivity index (χ1) is 13.8. The predicted molar refractivity (Wildman–Crippen MR) is 116 cm³/mol. The first-order valence-electron chi connectivity index (χ1n) is 9.92. The van der Waals surface area contributed by atoms with Crippen molar-refractivity contribution in [3.8, 4) is 17.6 Å². The molecule has 0 fully saturated rings. The van der Waals surface area contributed by atoms with Gasteiger partial charge < -0.3 is 14.8 Å². The van der Waals surface area contributed by atoms with Gasteiger partial charge in [0.05, 0.1) is 19.8 Å². The van der Waals surface area contributed by atoms with Gasteiger partial charge in [0.25, 0.3) is 5.91 Å². The van der Waals surface area contributed by atoms with Crippen molar-refractivity contribution >= 4 is 22.2 Å². The number of anilines is 1. The number of fused-ring (bicyclic) bond motifs is 1. The number of thiophene rings is 1. The lowest BCUT2D eigenvalue weighted by Gasteiger charge is -2.36. The highest BCUT2D eigenvalue weighted by atomic mass is 32.1. The summed E-state index contributed by atoms with van der Waals surface area (Å²) in [5.41, 5.74) is 2.43. The average Bonchev–Trinajstić information content (AvgIpc) is 3.09. The summed E-state index contributed by atoms with van der Waals surface area (Å²) in [6.45, 7) is 6.87. The topological polar surface area (TPSA) is 71.3 Å². The summed E-state index contributed by atoms with van der Waals surface area (Å²) in [5, 5.41) is 13.3. The standard InChI is InChI=1S/C23H28N2O3S/c1-6-23(2,3)15-7-8-18-19(13-24)22(29-20(18)11-15)25-21(26)14-9-16(27-4)12-17(10-14)28-5/h9-10,12,15H,6-8,11H2,1-5H3,(H,25,26)/t15-/m1/s1. The van der Waals surface area contributed by atoms with Crippen molar-refractivity contribution in [1.82, 2.24) is 0 Å². The van der Waals surface area contributed by atoms with Crippen molar-refractivity contribution in [2.75, 3.05) is 19.5 Å². The van der Waals surface area contributed by atoms with Crippen LogP contribution in [0.4, 0.5) is 5.00 Å². The summed E-state index contributed by atoms with van der Waals surface area (Å²) < 4.78 is 10.5. The van der Waals surface area contributed by atoms with Crippen LogP contribution in [0.2, 0.25) is 0 Å². The van der Waals surface area contributed by atoms with Gasteiger partial charge in [-0.15, -0.1) is 11.3 Å². The first-order valence-corrected chi connectivity index (χ1v) is 10.7. The first kappa shape index (κ1) is 21.2. The molecule has 1 aromatic heterocycles. The van der Waals surface area contributed by atoms with Gasteiger partial charge in [-0.25, -0.2) is 0 Å². The maximum atomic E-state index is 12.9. The molecule has 1 N–H and O–H groups in total. The molecular weight excluding hydrogens is 384 g/mol. The van der Waals surface area contributed by atoms with Crippen LogP contribution in [-0.2, 0) is 12.8 Å². The van der Waals surface area contributed by atoms with Crippen LogP contribution in [0.5, 0.6) is 11.5 Å². The number of rotatable bonds is 6. The molecule has 1 aliphatic carbocycles. The van der Waals surface area contributed by atoms with E-state index >= 15 is 0 Å². The summed E-state index contributed by atoms with van der Waals surface area (Å²) in [4.78, 5) is 14.1. The van der Waals surface area contributed by atoms with Gasteiger partial charge >= 0.3 is 0 Å². The Morgan fingerprint density at radius 2 is 1.93 bits per heavy atom. The highest BCUT2D eigenvalue weighted by Gasteiger charge is 2.34. The van der Waals surface area contributed by atoms with Crippen LogP contribution in [0, 0.1) is 22.7 Å². The van der Waals surface area contributed by atoms with Gasteiger partial charge in [0.1, 0.15) is 22.6 Å². The summed E-state index contributed by atoms with van der Waals surface area (Å²) in [7, 11) is 3.09. The molecule has 3 rings (SSSR count). The number of nitrogens with zero attached hydrogens (tertiary/aromatic N) is 1. The Balaban J connectivity index is 1.88. The SMILES string of the molecule is CCC(C)(C)[C@@H]1CCc2c(sc(NC(=O)c3cc(OC)cc(OC)c3)c2C#N)C1. The molecule has 1 aliphatic rings. The highest BCUT2D eigenvalue weighted by Crippen LogP contribution is 2.45. The fourth-order valence-corrected chi connectivity index (χ4v) is 5.13. The fraction of sp³-hybridized carbons (Fsp3) is 0.478. The van der Waals surface area contributed by atoms with Crippen molar-refractivity contribution in [2.24, 2.45) is 11.3 Å². The zero-order chi connectivity index (χ0) is 21.2. The number of hydrogen-bond acceptors (Lipinski definition) is 5. The lowest BCUT2D eigenvalue weighted by molar-refractivity contribution is 0.102. The molecule has 0 bridgehead atoms. The second kappa shape index (κ2) is 8.46. The zero-order valence-corrected chi connectivity index (χ0v) is 18.5. The Labute approximate surface area is 176 Å². The number of ether oxygens (including phenoxy) is 2. The molecule has 5 nitrogen and oxygen atoms in total. The van der Waals surface area contributed by atoms with Crippen LogP contribution in [0.25, 0.3) is 0 Å². The molecule has 0 saturated carbocycles. The Morgan fingerprint density at radius 3 is 2.48 bits per heavy atom. The number of nitriles is 1.